The minimum Gasteiger partial charge on any atom is -0.453 e. The molecule has 1 saturated heterocycles. The maximum absolute atomic E-state index is 11.4. The van der Waals surface area contributed by atoms with Gasteiger partial charge in [0.2, 0.25) is 0 Å². The third-order valence-corrected chi connectivity index (χ3v) is 2.76. The lowest BCUT2D eigenvalue weighted by atomic mass is 10.1. The molecular weight excluding hydrogens is 198 g/mol. The largest absolute Gasteiger partial charge is 0.453 e. The fraction of sp³-hybridized carbons (Fsp3) is 0.600. The minimum atomic E-state index is -0.353. The standard InChI is InChI=1S/C10H13NO4/c1-14-10(13)11-6-2-3-7(11)8-4-5-9(12)15-8/h4-5,7-8H,2-3,6H2,1H3/t7-,8-/m0/s1. The monoisotopic (exact) mass is 211 g/mol. The van der Waals surface area contributed by atoms with Crippen LogP contribution in [0.2, 0.25) is 0 Å². The Balaban J connectivity index is 2.05. The highest BCUT2D eigenvalue weighted by atomic mass is 16.6. The van der Waals surface area contributed by atoms with E-state index in [0.29, 0.717) is 6.54 Å². The molecule has 15 heavy (non-hydrogen) atoms. The molecule has 2 heterocycles. The number of nitrogens with zero attached hydrogens (tertiary/aromatic N) is 1. The number of methoxy groups -OCH3 is 1. The molecule has 82 valence electrons. The van der Waals surface area contributed by atoms with Crippen molar-refractivity contribution in [3.63, 3.8) is 0 Å². The van der Waals surface area contributed by atoms with E-state index in [0.717, 1.165) is 12.8 Å². The molecule has 5 nitrogen and oxygen atoms in total. The van der Waals surface area contributed by atoms with Crippen molar-refractivity contribution >= 4 is 12.1 Å². The smallest absolute Gasteiger partial charge is 0.409 e. The third kappa shape index (κ3) is 1.82. The molecule has 2 atom stereocenters. The van der Waals surface area contributed by atoms with Crippen LogP contribution in [0.5, 0.6) is 0 Å². The van der Waals surface area contributed by atoms with Gasteiger partial charge in [-0.15, -0.1) is 0 Å². The number of esters is 1. The van der Waals surface area contributed by atoms with Crippen LogP contribution in [0.25, 0.3) is 0 Å². The molecular formula is C10H13NO4. The van der Waals surface area contributed by atoms with Crippen LogP contribution in [-0.2, 0) is 14.3 Å². The molecule has 1 amide bonds. The first-order valence-corrected chi connectivity index (χ1v) is 4.96. The number of rotatable bonds is 1. The summed E-state index contributed by atoms with van der Waals surface area (Å²) in [4.78, 5) is 23.9. The summed E-state index contributed by atoms with van der Waals surface area (Å²) in [6, 6.07) is -0.0693. The van der Waals surface area contributed by atoms with Crippen molar-refractivity contribution in [1.29, 1.82) is 0 Å². The number of carbonyl (C=O) groups is 2. The summed E-state index contributed by atoms with van der Waals surface area (Å²) < 4.78 is 9.74. The Bertz CT molecular complexity index is 313. The van der Waals surface area contributed by atoms with Gasteiger partial charge in [-0.2, -0.15) is 0 Å². The van der Waals surface area contributed by atoms with Gasteiger partial charge in [-0.25, -0.2) is 9.59 Å². The number of likely N-dealkylation sites (tertiary alicyclic amines) is 1. The molecule has 0 aromatic heterocycles. The van der Waals surface area contributed by atoms with Gasteiger partial charge >= 0.3 is 12.1 Å². The molecule has 0 radical (unpaired) electrons. The number of hydrogen-bond acceptors (Lipinski definition) is 4. The highest BCUT2D eigenvalue weighted by Gasteiger charge is 2.37. The van der Waals surface area contributed by atoms with Crippen LogP contribution in [0.3, 0.4) is 0 Å². The van der Waals surface area contributed by atoms with E-state index >= 15 is 0 Å². The van der Waals surface area contributed by atoms with Gasteiger partial charge in [0.1, 0.15) is 6.10 Å². The number of carbonyl (C=O) groups excluding carboxylic acids is 2. The number of cyclic esters (lactones) is 1. The van der Waals surface area contributed by atoms with E-state index < -0.39 is 0 Å². The molecule has 5 heteroatoms. The van der Waals surface area contributed by atoms with Crippen molar-refractivity contribution in [1.82, 2.24) is 4.90 Å². The first kappa shape index (κ1) is 10.0. The van der Waals surface area contributed by atoms with Gasteiger partial charge in [-0.3, -0.25) is 0 Å². The Morgan fingerprint density at radius 1 is 1.67 bits per heavy atom. The molecule has 0 aromatic carbocycles. The van der Waals surface area contributed by atoms with Crippen LogP contribution in [0.1, 0.15) is 12.8 Å². The van der Waals surface area contributed by atoms with Gasteiger partial charge in [-0.05, 0) is 18.9 Å². The van der Waals surface area contributed by atoms with Gasteiger partial charge in [0, 0.05) is 12.6 Å². The molecule has 0 N–H and O–H groups in total. The number of ether oxygens (including phenoxy) is 2. The van der Waals surface area contributed by atoms with Gasteiger partial charge in [0.05, 0.1) is 13.2 Å². The average molecular weight is 211 g/mol. The molecule has 2 aliphatic rings. The number of hydrogen-bond donors (Lipinski definition) is 0. The zero-order valence-corrected chi connectivity index (χ0v) is 8.51. The second kappa shape index (κ2) is 3.92. The zero-order valence-electron chi connectivity index (χ0n) is 8.51. The van der Waals surface area contributed by atoms with Gasteiger partial charge in [-0.1, -0.05) is 0 Å². The van der Waals surface area contributed by atoms with E-state index in [4.69, 9.17) is 4.74 Å². The fourth-order valence-corrected chi connectivity index (χ4v) is 2.07. The Morgan fingerprint density at radius 2 is 2.47 bits per heavy atom. The molecule has 2 rings (SSSR count). The second-order valence-corrected chi connectivity index (χ2v) is 3.63. The summed E-state index contributed by atoms with van der Waals surface area (Å²) in [6.45, 7) is 0.666. The fourth-order valence-electron chi connectivity index (χ4n) is 2.07. The van der Waals surface area contributed by atoms with Crippen molar-refractivity contribution in [3.8, 4) is 0 Å². The summed E-state index contributed by atoms with van der Waals surface area (Å²) in [7, 11) is 1.36. The van der Waals surface area contributed by atoms with Gasteiger partial charge in [0.25, 0.3) is 0 Å². The molecule has 0 unspecified atom stereocenters. The normalized spacial score (nSPS) is 29.4. The quantitative estimate of drug-likeness (QED) is 0.599. The van der Waals surface area contributed by atoms with E-state index in [-0.39, 0.29) is 24.2 Å². The van der Waals surface area contributed by atoms with Crippen LogP contribution in [0.15, 0.2) is 12.2 Å². The Hall–Kier alpha value is -1.52. The summed E-state index contributed by atoms with van der Waals surface area (Å²) in [6.07, 6.45) is 4.21. The summed E-state index contributed by atoms with van der Waals surface area (Å²) >= 11 is 0. The first-order chi connectivity index (χ1) is 7.22. The van der Waals surface area contributed by atoms with E-state index in [1.54, 1.807) is 11.0 Å². The van der Waals surface area contributed by atoms with E-state index in [1.807, 2.05) is 0 Å². The van der Waals surface area contributed by atoms with Crippen molar-refractivity contribution in [2.24, 2.45) is 0 Å². The minimum absolute atomic E-state index is 0.0693. The van der Waals surface area contributed by atoms with Crippen LogP contribution in [0.4, 0.5) is 4.79 Å². The van der Waals surface area contributed by atoms with E-state index in [9.17, 15) is 9.59 Å². The molecule has 0 aliphatic carbocycles. The molecule has 0 aromatic rings. The highest BCUT2D eigenvalue weighted by Crippen LogP contribution is 2.25. The lowest BCUT2D eigenvalue weighted by molar-refractivity contribution is -0.140. The SMILES string of the molecule is COC(=O)N1CCC[C@H]1[C@@H]1C=CC(=O)O1. The van der Waals surface area contributed by atoms with Crippen molar-refractivity contribution in [2.45, 2.75) is 25.0 Å². The Labute approximate surface area is 87.6 Å². The van der Waals surface area contributed by atoms with E-state index in [1.165, 1.54) is 13.2 Å². The zero-order chi connectivity index (χ0) is 10.8. The summed E-state index contributed by atoms with van der Waals surface area (Å²) in [5, 5.41) is 0. The summed E-state index contributed by atoms with van der Waals surface area (Å²) in [5.74, 6) is -0.336. The predicted octanol–water partition coefficient (Wildman–Crippen LogP) is 0.699. The maximum Gasteiger partial charge on any atom is 0.409 e. The second-order valence-electron chi connectivity index (χ2n) is 3.63. The molecule has 2 aliphatic heterocycles. The molecule has 1 fully saturated rings. The van der Waals surface area contributed by atoms with Crippen molar-refractivity contribution in [3.05, 3.63) is 12.2 Å². The maximum atomic E-state index is 11.4. The number of amides is 1. The lowest BCUT2D eigenvalue weighted by Crippen LogP contribution is -2.42. The Morgan fingerprint density at radius 3 is 3.07 bits per heavy atom. The molecule has 0 bridgehead atoms. The van der Waals surface area contributed by atoms with E-state index in [2.05, 4.69) is 4.74 Å². The van der Waals surface area contributed by atoms with Gasteiger partial charge < -0.3 is 14.4 Å². The van der Waals surface area contributed by atoms with Crippen molar-refractivity contribution < 1.29 is 19.1 Å². The first-order valence-electron chi connectivity index (χ1n) is 4.96. The highest BCUT2D eigenvalue weighted by molar-refractivity contribution is 5.84. The lowest BCUT2D eigenvalue weighted by Gasteiger charge is -2.26. The van der Waals surface area contributed by atoms with Crippen molar-refractivity contribution in [2.75, 3.05) is 13.7 Å². The average Bonchev–Trinajstić information content (AvgIpc) is 2.84. The van der Waals surface area contributed by atoms with Crippen LogP contribution in [0, 0.1) is 0 Å². The van der Waals surface area contributed by atoms with Crippen LogP contribution in [-0.4, -0.2) is 42.8 Å². The summed E-state index contributed by atoms with van der Waals surface area (Å²) in [5.41, 5.74) is 0. The van der Waals surface area contributed by atoms with Crippen LogP contribution < -0.4 is 0 Å². The molecule has 0 spiro atoms. The molecule has 0 saturated carbocycles. The predicted molar refractivity (Wildman–Crippen MR) is 51.2 cm³/mol. The third-order valence-electron chi connectivity index (χ3n) is 2.76. The van der Waals surface area contributed by atoms with Crippen LogP contribution >= 0.6 is 0 Å². The Kier molecular flexibility index (Phi) is 2.62. The van der Waals surface area contributed by atoms with Gasteiger partial charge in [0.15, 0.2) is 0 Å². The topological polar surface area (TPSA) is 55.8 Å².